The van der Waals surface area contributed by atoms with Gasteiger partial charge in [0.2, 0.25) is 0 Å². The Hall–Kier alpha value is -0.960. The van der Waals surface area contributed by atoms with Crippen LogP contribution in [0.25, 0.3) is 0 Å². The van der Waals surface area contributed by atoms with Gasteiger partial charge in [-0.15, -0.1) is 0 Å². The largest absolute Gasteiger partial charge is 0.303 e. The van der Waals surface area contributed by atoms with E-state index in [0.29, 0.717) is 6.29 Å². The Bertz CT molecular complexity index is 175. The first-order chi connectivity index (χ1) is 5.27. The SMILES string of the molecule is CC(=O)CC=O.c1ccsc1. The lowest BCUT2D eigenvalue weighted by atomic mass is 10.3. The number of Topliss-reactive ketones (excluding diaryl/α,β-unsaturated/α-hetero) is 1. The molecule has 2 nitrogen and oxygen atoms in total. The summed E-state index contributed by atoms with van der Waals surface area (Å²) in [5.41, 5.74) is 0. The molecular weight excluding hydrogens is 160 g/mol. The molecule has 0 aromatic carbocycles. The summed E-state index contributed by atoms with van der Waals surface area (Å²) in [4.78, 5) is 19.2. The maximum absolute atomic E-state index is 9.81. The molecule has 1 aromatic rings. The second-order valence-corrected chi connectivity index (χ2v) is 2.68. The number of thiophene rings is 1. The highest BCUT2D eigenvalue weighted by Crippen LogP contribution is 1.91. The molecule has 3 heteroatoms. The average molecular weight is 170 g/mol. The Morgan fingerprint density at radius 2 is 2.00 bits per heavy atom. The third-order valence-electron chi connectivity index (χ3n) is 0.796. The van der Waals surface area contributed by atoms with Crippen LogP contribution >= 0.6 is 11.3 Å². The number of hydrogen-bond acceptors (Lipinski definition) is 3. The van der Waals surface area contributed by atoms with Crippen molar-refractivity contribution in [1.29, 1.82) is 0 Å². The molecule has 1 heterocycles. The third-order valence-corrected chi connectivity index (χ3v) is 1.42. The van der Waals surface area contributed by atoms with Crippen molar-refractivity contribution < 1.29 is 9.59 Å². The van der Waals surface area contributed by atoms with Crippen molar-refractivity contribution in [2.75, 3.05) is 0 Å². The molecule has 0 N–H and O–H groups in total. The van der Waals surface area contributed by atoms with Crippen LogP contribution in [0.3, 0.4) is 0 Å². The number of carbonyl (C=O) groups is 2. The fourth-order valence-corrected chi connectivity index (χ4v) is 0.798. The zero-order chi connectivity index (χ0) is 8.53. The first-order valence-electron chi connectivity index (χ1n) is 3.17. The highest BCUT2D eigenvalue weighted by Gasteiger charge is 1.83. The van der Waals surface area contributed by atoms with E-state index in [2.05, 4.69) is 0 Å². The van der Waals surface area contributed by atoms with Gasteiger partial charge in [-0.2, -0.15) is 11.3 Å². The van der Waals surface area contributed by atoms with Gasteiger partial charge in [0.15, 0.2) is 0 Å². The van der Waals surface area contributed by atoms with E-state index in [0.717, 1.165) is 0 Å². The maximum atomic E-state index is 9.81. The van der Waals surface area contributed by atoms with E-state index < -0.39 is 0 Å². The van der Waals surface area contributed by atoms with Crippen LogP contribution in [-0.4, -0.2) is 12.1 Å². The van der Waals surface area contributed by atoms with Crippen LogP contribution in [0.15, 0.2) is 22.9 Å². The Kier molecular flexibility index (Phi) is 6.53. The fourth-order valence-electron chi connectivity index (χ4n) is 0.344. The van der Waals surface area contributed by atoms with Gasteiger partial charge < -0.3 is 4.79 Å². The van der Waals surface area contributed by atoms with E-state index >= 15 is 0 Å². The highest BCUT2D eigenvalue weighted by atomic mass is 32.1. The molecule has 11 heavy (non-hydrogen) atoms. The molecule has 0 aliphatic carbocycles. The van der Waals surface area contributed by atoms with Crippen LogP contribution in [0.5, 0.6) is 0 Å². The number of carbonyl (C=O) groups excluding carboxylic acids is 2. The maximum Gasteiger partial charge on any atom is 0.136 e. The zero-order valence-corrected chi connectivity index (χ0v) is 7.14. The summed E-state index contributed by atoms with van der Waals surface area (Å²) >= 11 is 1.71. The Labute approximate surface area is 69.9 Å². The fraction of sp³-hybridized carbons (Fsp3) is 0.250. The molecule has 1 aromatic heterocycles. The normalized spacial score (nSPS) is 7.73. The minimum atomic E-state index is -0.0787. The minimum Gasteiger partial charge on any atom is -0.303 e. The van der Waals surface area contributed by atoms with Gasteiger partial charge in [-0.1, -0.05) is 12.1 Å². The summed E-state index contributed by atoms with van der Waals surface area (Å²) in [7, 11) is 0. The van der Waals surface area contributed by atoms with Crippen molar-refractivity contribution in [3.63, 3.8) is 0 Å². The summed E-state index contributed by atoms with van der Waals surface area (Å²) in [5.74, 6) is -0.0787. The molecule has 1 rings (SSSR count). The van der Waals surface area contributed by atoms with E-state index in [4.69, 9.17) is 0 Å². The van der Waals surface area contributed by atoms with Gasteiger partial charge in [0.25, 0.3) is 0 Å². The second-order valence-electron chi connectivity index (χ2n) is 1.87. The van der Waals surface area contributed by atoms with Gasteiger partial charge in [-0.3, -0.25) is 4.79 Å². The quantitative estimate of drug-likeness (QED) is 0.502. The average Bonchev–Trinajstić information content (AvgIpc) is 2.41. The Morgan fingerprint density at radius 1 is 1.45 bits per heavy atom. The predicted molar refractivity (Wildman–Crippen MR) is 45.7 cm³/mol. The van der Waals surface area contributed by atoms with Crippen molar-refractivity contribution in [1.82, 2.24) is 0 Å². The van der Waals surface area contributed by atoms with Crippen molar-refractivity contribution >= 4 is 23.4 Å². The monoisotopic (exact) mass is 170 g/mol. The van der Waals surface area contributed by atoms with Crippen molar-refractivity contribution in [2.24, 2.45) is 0 Å². The summed E-state index contributed by atoms with van der Waals surface area (Å²) < 4.78 is 0. The lowest BCUT2D eigenvalue weighted by Gasteiger charge is -1.71. The number of hydrogen-bond donors (Lipinski definition) is 0. The molecule has 0 radical (unpaired) electrons. The van der Waals surface area contributed by atoms with Gasteiger partial charge in [0.05, 0.1) is 6.42 Å². The number of ketones is 1. The van der Waals surface area contributed by atoms with Crippen molar-refractivity contribution in [3.8, 4) is 0 Å². The van der Waals surface area contributed by atoms with Crippen molar-refractivity contribution in [3.05, 3.63) is 22.9 Å². The lowest BCUT2D eigenvalue weighted by Crippen LogP contribution is -1.87. The summed E-state index contributed by atoms with van der Waals surface area (Å²) in [5, 5.41) is 4.08. The van der Waals surface area contributed by atoms with Crippen molar-refractivity contribution in [2.45, 2.75) is 13.3 Å². The summed E-state index contributed by atoms with van der Waals surface area (Å²) in [6.45, 7) is 1.38. The predicted octanol–water partition coefficient (Wildman–Crippen LogP) is 1.91. The molecule has 0 bridgehead atoms. The molecule has 0 atom stereocenters. The molecule has 0 unspecified atom stereocenters. The number of rotatable bonds is 2. The van der Waals surface area contributed by atoms with Crippen LogP contribution in [0.1, 0.15) is 13.3 Å². The zero-order valence-electron chi connectivity index (χ0n) is 6.32. The molecule has 0 aliphatic heterocycles. The molecular formula is C8H10O2S. The first-order valence-corrected chi connectivity index (χ1v) is 4.12. The van der Waals surface area contributed by atoms with Crippen LogP contribution in [0.4, 0.5) is 0 Å². The highest BCUT2D eigenvalue weighted by molar-refractivity contribution is 7.07. The molecule has 0 aliphatic rings. The van der Waals surface area contributed by atoms with Gasteiger partial charge in [0.1, 0.15) is 12.1 Å². The molecule has 60 valence electrons. The van der Waals surface area contributed by atoms with E-state index in [1.807, 2.05) is 22.9 Å². The molecule has 0 amide bonds. The third kappa shape index (κ3) is 9.04. The van der Waals surface area contributed by atoms with Crippen LogP contribution < -0.4 is 0 Å². The lowest BCUT2D eigenvalue weighted by molar-refractivity contribution is -0.120. The van der Waals surface area contributed by atoms with E-state index in [1.54, 1.807) is 11.3 Å². The van der Waals surface area contributed by atoms with Crippen LogP contribution in [-0.2, 0) is 9.59 Å². The summed E-state index contributed by atoms with van der Waals surface area (Å²) in [6, 6.07) is 4.04. The molecule has 0 fully saturated rings. The number of aldehydes is 1. The molecule has 0 spiro atoms. The Balaban J connectivity index is 0.000000183. The summed E-state index contributed by atoms with van der Waals surface area (Å²) in [6.07, 6.45) is 0.655. The standard InChI is InChI=1S/C4H6O2.C4H4S/c1-4(6)2-3-5;1-2-4-5-3-1/h3H,2H2,1H3;1-4H. The smallest absolute Gasteiger partial charge is 0.136 e. The molecule has 0 saturated carbocycles. The molecule has 0 saturated heterocycles. The van der Waals surface area contributed by atoms with Gasteiger partial charge >= 0.3 is 0 Å². The van der Waals surface area contributed by atoms with Gasteiger partial charge in [-0.25, -0.2) is 0 Å². The van der Waals surface area contributed by atoms with Gasteiger partial charge in [0, 0.05) is 0 Å². The minimum absolute atomic E-state index is 0.0556. The van der Waals surface area contributed by atoms with Gasteiger partial charge in [-0.05, 0) is 17.7 Å². The van der Waals surface area contributed by atoms with E-state index in [-0.39, 0.29) is 12.2 Å². The van der Waals surface area contributed by atoms with E-state index in [1.165, 1.54) is 6.92 Å². The second kappa shape index (κ2) is 7.15. The first kappa shape index (κ1) is 10.0. The topological polar surface area (TPSA) is 34.1 Å². The Morgan fingerprint density at radius 3 is 2.09 bits per heavy atom. The van der Waals surface area contributed by atoms with E-state index in [9.17, 15) is 9.59 Å². The van der Waals surface area contributed by atoms with Crippen LogP contribution in [0.2, 0.25) is 0 Å². The van der Waals surface area contributed by atoms with Crippen LogP contribution in [0, 0.1) is 0 Å².